The zero-order valence-electron chi connectivity index (χ0n) is 23.5. The molecular weight excluding hydrogens is 508 g/mol. The summed E-state index contributed by atoms with van der Waals surface area (Å²) in [6.45, 7) is 3.68. The van der Waals surface area contributed by atoms with Crippen molar-refractivity contribution in [2.24, 2.45) is 11.8 Å². The van der Waals surface area contributed by atoms with Crippen molar-refractivity contribution in [2.45, 2.75) is 32.3 Å². The number of aliphatic hydroxyl groups excluding tert-OH is 1. The summed E-state index contributed by atoms with van der Waals surface area (Å²) in [5, 5.41) is 24.5. The third-order valence-electron chi connectivity index (χ3n) is 7.31. The zero-order valence-corrected chi connectivity index (χ0v) is 23.5. The molecule has 0 heterocycles. The van der Waals surface area contributed by atoms with Crippen molar-refractivity contribution in [3.05, 3.63) is 46.5 Å². The molecule has 0 amide bonds. The molecule has 1 aliphatic rings. The summed E-state index contributed by atoms with van der Waals surface area (Å²) in [4.78, 5) is 27.5. The molecule has 0 radical (unpaired) electrons. The number of hydrogen-bond acceptors (Lipinski definition) is 10. The molecule has 2 unspecified atom stereocenters. The number of carbonyl (C=O) groups is 2. The van der Waals surface area contributed by atoms with Crippen LogP contribution >= 0.6 is 0 Å². The first-order chi connectivity index (χ1) is 18.6. The predicted octanol–water partition coefficient (Wildman–Crippen LogP) is 4.04. The van der Waals surface area contributed by atoms with Gasteiger partial charge >= 0.3 is 5.97 Å². The lowest BCUT2D eigenvalue weighted by molar-refractivity contribution is -0.153. The number of ketones is 1. The van der Waals surface area contributed by atoms with E-state index in [0.29, 0.717) is 18.6 Å². The minimum Gasteiger partial charge on any atom is -0.507 e. The Morgan fingerprint density at radius 1 is 0.846 bits per heavy atom. The summed E-state index contributed by atoms with van der Waals surface area (Å²) in [5.41, 5.74) is -2.38. The molecule has 2 atom stereocenters. The summed E-state index contributed by atoms with van der Waals surface area (Å²) < 4.78 is 32.7. The third-order valence-corrected chi connectivity index (χ3v) is 7.31. The van der Waals surface area contributed by atoms with Crippen LogP contribution in [0.25, 0.3) is 5.76 Å². The van der Waals surface area contributed by atoms with Crippen molar-refractivity contribution >= 4 is 17.5 Å². The van der Waals surface area contributed by atoms with Gasteiger partial charge in [0.1, 0.15) is 17.3 Å². The topological polar surface area (TPSA) is 130 Å². The largest absolute Gasteiger partial charge is 0.507 e. The molecule has 0 saturated heterocycles. The van der Waals surface area contributed by atoms with Crippen LogP contribution in [0.1, 0.15) is 43.4 Å². The Kier molecular flexibility index (Phi) is 9.01. The SMILES string of the molecule is CCC(CC)C(=O)C1=C(O)c2cc(OC)c(OC)c(OC)c2C(O)(c2ccc(OC)c(OC)c2)C1C(=O)OC. The van der Waals surface area contributed by atoms with E-state index in [9.17, 15) is 19.8 Å². The molecule has 39 heavy (non-hydrogen) atoms. The Morgan fingerprint density at radius 2 is 1.44 bits per heavy atom. The fourth-order valence-electron chi connectivity index (χ4n) is 5.29. The summed E-state index contributed by atoms with van der Waals surface area (Å²) >= 11 is 0. The Balaban J connectivity index is 2.61. The average Bonchev–Trinajstić information content (AvgIpc) is 2.96. The number of methoxy groups -OCH3 is 6. The lowest BCUT2D eigenvalue weighted by Gasteiger charge is -2.42. The molecule has 0 aromatic heterocycles. The molecule has 10 nitrogen and oxygen atoms in total. The van der Waals surface area contributed by atoms with E-state index in [-0.39, 0.29) is 45.3 Å². The van der Waals surface area contributed by atoms with Crippen LogP contribution in [0.4, 0.5) is 0 Å². The first kappa shape index (κ1) is 29.6. The third kappa shape index (κ3) is 4.63. The normalized spacial score (nSPS) is 18.4. The Bertz CT molecular complexity index is 1280. The second-order valence-electron chi connectivity index (χ2n) is 9.00. The predicted molar refractivity (Wildman–Crippen MR) is 143 cm³/mol. The van der Waals surface area contributed by atoms with E-state index >= 15 is 0 Å². The maximum Gasteiger partial charge on any atom is 0.317 e. The van der Waals surface area contributed by atoms with Crippen LogP contribution < -0.4 is 23.7 Å². The first-order valence-corrected chi connectivity index (χ1v) is 12.5. The highest BCUT2D eigenvalue weighted by Gasteiger charge is 2.57. The Labute approximate surface area is 228 Å². The minimum atomic E-state index is -2.30. The lowest BCUT2D eigenvalue weighted by Crippen LogP contribution is -2.48. The molecule has 0 bridgehead atoms. The van der Waals surface area contributed by atoms with Gasteiger partial charge in [-0.3, -0.25) is 9.59 Å². The molecule has 0 spiro atoms. The highest BCUT2D eigenvalue weighted by molar-refractivity contribution is 6.09. The molecular formula is C29H36O10. The Morgan fingerprint density at radius 3 is 1.92 bits per heavy atom. The molecule has 0 aliphatic heterocycles. The van der Waals surface area contributed by atoms with Crippen molar-refractivity contribution in [1.29, 1.82) is 0 Å². The first-order valence-electron chi connectivity index (χ1n) is 12.5. The van der Waals surface area contributed by atoms with Crippen LogP contribution in [-0.2, 0) is 19.9 Å². The highest BCUT2D eigenvalue weighted by atomic mass is 16.5. The van der Waals surface area contributed by atoms with Crippen LogP contribution in [0, 0.1) is 11.8 Å². The number of rotatable bonds is 11. The highest BCUT2D eigenvalue weighted by Crippen LogP contribution is 2.57. The molecule has 0 fully saturated rings. The van der Waals surface area contributed by atoms with Gasteiger partial charge in [0, 0.05) is 17.0 Å². The summed E-state index contributed by atoms with van der Waals surface area (Å²) in [6.07, 6.45) is 0.911. The molecule has 2 aromatic rings. The van der Waals surface area contributed by atoms with E-state index in [1.165, 1.54) is 47.7 Å². The average molecular weight is 545 g/mol. The fraction of sp³-hybridized carbons (Fsp3) is 0.448. The Hall–Kier alpha value is -3.92. The molecule has 10 heteroatoms. The number of aliphatic hydroxyl groups is 2. The van der Waals surface area contributed by atoms with Crippen molar-refractivity contribution in [2.75, 3.05) is 42.7 Å². The van der Waals surface area contributed by atoms with E-state index in [2.05, 4.69) is 0 Å². The van der Waals surface area contributed by atoms with Crippen LogP contribution in [-0.4, -0.2) is 64.6 Å². The lowest BCUT2D eigenvalue weighted by atomic mass is 9.64. The van der Waals surface area contributed by atoms with Gasteiger partial charge in [0.25, 0.3) is 0 Å². The van der Waals surface area contributed by atoms with Gasteiger partial charge in [-0.1, -0.05) is 19.9 Å². The van der Waals surface area contributed by atoms with Gasteiger partial charge in [-0.2, -0.15) is 0 Å². The second kappa shape index (κ2) is 11.9. The molecule has 3 rings (SSSR count). The number of benzene rings is 2. The van der Waals surface area contributed by atoms with E-state index < -0.39 is 34.9 Å². The van der Waals surface area contributed by atoms with Crippen molar-refractivity contribution in [3.63, 3.8) is 0 Å². The number of esters is 1. The van der Waals surface area contributed by atoms with Crippen molar-refractivity contribution in [1.82, 2.24) is 0 Å². The molecule has 2 N–H and O–H groups in total. The van der Waals surface area contributed by atoms with Gasteiger partial charge in [-0.05, 0) is 36.6 Å². The molecule has 0 saturated carbocycles. The van der Waals surface area contributed by atoms with Crippen LogP contribution in [0.3, 0.4) is 0 Å². The van der Waals surface area contributed by atoms with Crippen molar-refractivity contribution in [3.8, 4) is 28.7 Å². The summed E-state index contributed by atoms with van der Waals surface area (Å²) in [6, 6.07) is 6.04. The van der Waals surface area contributed by atoms with Crippen molar-refractivity contribution < 1.29 is 48.2 Å². The molecule has 1 aliphatic carbocycles. The molecule has 212 valence electrons. The second-order valence-corrected chi connectivity index (χ2v) is 9.00. The number of hydrogen-bond donors (Lipinski definition) is 2. The maximum absolute atomic E-state index is 13.9. The van der Waals surface area contributed by atoms with E-state index in [1.54, 1.807) is 12.1 Å². The monoisotopic (exact) mass is 544 g/mol. The zero-order chi connectivity index (χ0) is 29.1. The van der Waals surface area contributed by atoms with Gasteiger partial charge in [0.15, 0.2) is 28.8 Å². The maximum atomic E-state index is 13.9. The fourth-order valence-corrected chi connectivity index (χ4v) is 5.29. The van der Waals surface area contributed by atoms with Gasteiger partial charge < -0.3 is 38.6 Å². The molecule has 2 aromatic carbocycles. The van der Waals surface area contributed by atoms with Gasteiger partial charge in [0.05, 0.1) is 48.2 Å². The van der Waals surface area contributed by atoms with Crippen LogP contribution in [0.2, 0.25) is 0 Å². The van der Waals surface area contributed by atoms with E-state index in [1.807, 2.05) is 13.8 Å². The van der Waals surface area contributed by atoms with Gasteiger partial charge in [0.2, 0.25) is 5.75 Å². The van der Waals surface area contributed by atoms with Crippen LogP contribution in [0.15, 0.2) is 29.8 Å². The van der Waals surface area contributed by atoms with Crippen LogP contribution in [0.5, 0.6) is 28.7 Å². The summed E-state index contributed by atoms with van der Waals surface area (Å²) in [5.74, 6) is -3.16. The van der Waals surface area contributed by atoms with E-state index in [0.717, 1.165) is 7.11 Å². The standard InChI is InChI=1S/C29H36O10/c1-9-15(10-2)24(30)21-23(28(32)39-8)29(33,16-11-12-18(34-3)19(13-16)35-4)22-17(25(21)31)14-20(36-5)26(37-6)27(22)38-7/h11-15,23,31,33H,9-10H2,1-8H3. The van der Waals surface area contributed by atoms with E-state index in [4.69, 9.17) is 28.4 Å². The van der Waals surface area contributed by atoms with Gasteiger partial charge in [-0.25, -0.2) is 0 Å². The number of carbonyl (C=O) groups excluding carboxylic acids is 2. The van der Waals surface area contributed by atoms with Gasteiger partial charge in [-0.15, -0.1) is 0 Å². The quantitative estimate of drug-likeness (QED) is 0.400. The number of Topliss-reactive ketones (excluding diaryl/α,β-unsaturated/α-hetero) is 1. The smallest absolute Gasteiger partial charge is 0.317 e. The number of fused-ring (bicyclic) bond motifs is 1. The number of ether oxygens (including phenoxy) is 6. The minimum absolute atomic E-state index is 0.00128. The summed E-state index contributed by atoms with van der Waals surface area (Å²) in [7, 11) is 8.19.